The lowest BCUT2D eigenvalue weighted by molar-refractivity contribution is -0.566. The van der Waals surface area contributed by atoms with E-state index in [0.29, 0.717) is 95.5 Å². The molecule has 0 bridgehead atoms. The second-order valence-corrected chi connectivity index (χ2v) is 38.5. The molecule has 1 saturated heterocycles. The molecule has 1 saturated carbocycles. The number of imide groups is 1. The highest BCUT2D eigenvalue weighted by Gasteiger charge is 2.36. The Labute approximate surface area is 860 Å². The van der Waals surface area contributed by atoms with Gasteiger partial charge in [0.25, 0.3) is 11.6 Å². The summed E-state index contributed by atoms with van der Waals surface area (Å²) in [6, 6.07) is 74.3. The van der Waals surface area contributed by atoms with Gasteiger partial charge in [-0.25, -0.2) is 34.9 Å². The Morgan fingerprint density at radius 2 is 1.31 bits per heavy atom. The number of nitrogens with one attached hydrogen (secondary N) is 3. The Morgan fingerprint density at radius 3 is 1.99 bits per heavy atom. The van der Waals surface area contributed by atoms with Gasteiger partial charge in [-0.15, -0.1) is 53.9 Å². The van der Waals surface area contributed by atoms with Gasteiger partial charge in [-0.05, 0) is 167 Å². The number of carboxylic acid groups (broad SMARTS) is 1. The van der Waals surface area contributed by atoms with E-state index in [0.717, 1.165) is 113 Å². The number of thiophene rings is 2. The van der Waals surface area contributed by atoms with Crippen molar-refractivity contribution in [3.8, 4) is 72.7 Å². The zero-order valence-corrected chi connectivity index (χ0v) is 83.8. The van der Waals surface area contributed by atoms with Crippen LogP contribution < -0.4 is 51.3 Å². The van der Waals surface area contributed by atoms with Crippen molar-refractivity contribution < 1.29 is 48.0 Å². The third kappa shape index (κ3) is 23.8. The Bertz CT molecular complexity index is 7680. The number of methoxy groups -OCH3 is 3. The summed E-state index contributed by atoms with van der Waals surface area (Å²) in [6.07, 6.45) is 11.2. The number of nitrogen functional groups attached to an aromatic ring is 1. The number of piperidine rings is 1. The van der Waals surface area contributed by atoms with Gasteiger partial charge in [0.2, 0.25) is 34.2 Å². The number of carboxylic acids is 1. The van der Waals surface area contributed by atoms with Crippen molar-refractivity contribution in [3.63, 3.8) is 0 Å². The van der Waals surface area contributed by atoms with Gasteiger partial charge in [-0.1, -0.05) is 217 Å². The van der Waals surface area contributed by atoms with Crippen LogP contribution >= 0.6 is 91.8 Å². The minimum absolute atomic E-state index is 0.0944. The van der Waals surface area contributed by atoms with Crippen LogP contribution in [-0.2, 0) is 14.4 Å². The molecule has 144 heavy (non-hydrogen) atoms. The first kappa shape index (κ1) is 100. The number of carbonyl (C=O) groups is 3. The topological polar surface area (TPSA) is 400 Å². The number of anilines is 5. The number of amides is 2. The van der Waals surface area contributed by atoms with E-state index in [2.05, 4.69) is 111 Å². The average Bonchev–Trinajstić information content (AvgIpc) is 1.21. The molecule has 2 unspecified atom stereocenters. The average molecular weight is 2090 g/mol. The molecule has 4 aliphatic heterocycles. The van der Waals surface area contributed by atoms with E-state index in [9.17, 15) is 34.0 Å². The summed E-state index contributed by atoms with van der Waals surface area (Å²) in [5.41, 5.74) is 12.6. The molecule has 18 aromatic rings. The van der Waals surface area contributed by atoms with Gasteiger partial charge in [-0.3, -0.25) is 29.5 Å². The summed E-state index contributed by atoms with van der Waals surface area (Å²) < 4.78 is 33.2. The molecule has 9 aromatic carbocycles. The first-order valence-corrected chi connectivity index (χ1v) is 50.3. The molecule has 0 spiro atoms. The summed E-state index contributed by atoms with van der Waals surface area (Å²) in [6.45, 7) is 1.51. The molecule has 1 aliphatic carbocycles. The second kappa shape index (κ2) is 46.8. The molecule has 23 rings (SSSR count). The van der Waals surface area contributed by atoms with E-state index in [-0.39, 0.29) is 70.3 Å². The molecule has 2 amide bonds. The minimum Gasteiger partial charge on any atom is -0.618 e. The van der Waals surface area contributed by atoms with Crippen LogP contribution in [0.3, 0.4) is 0 Å². The lowest BCUT2D eigenvalue weighted by Gasteiger charge is -2.31. The van der Waals surface area contributed by atoms with Crippen LogP contribution in [0.25, 0.3) is 81.7 Å². The van der Waals surface area contributed by atoms with Crippen molar-refractivity contribution in [1.29, 1.82) is 0 Å². The number of aliphatic imine (C=N–C) groups is 1. The number of fused-ring (bicyclic) bond motifs is 4. The smallest absolute Gasteiger partial charge is 0.357 e. The number of hydrogen-bond donors (Lipinski definition) is 6. The summed E-state index contributed by atoms with van der Waals surface area (Å²) >= 11 is 30.7. The first-order valence-electron chi connectivity index (χ1n) is 45.4. The number of halogens is 5. The lowest BCUT2D eigenvalue weighted by Crippen LogP contribution is -2.40. The molecular formula is C103H91Cl4FN22O10S4. The van der Waals surface area contributed by atoms with Crippen molar-refractivity contribution in [2.75, 3.05) is 62.4 Å². The third-order valence-corrected chi connectivity index (χ3v) is 29.1. The van der Waals surface area contributed by atoms with E-state index >= 15 is 0 Å². The van der Waals surface area contributed by atoms with Crippen LogP contribution in [0.1, 0.15) is 104 Å². The Kier molecular flexibility index (Phi) is 32.6. The number of aliphatic carboxylic acids is 1. The van der Waals surface area contributed by atoms with Gasteiger partial charge in [0, 0.05) is 75.5 Å². The van der Waals surface area contributed by atoms with Crippen LogP contribution in [0.4, 0.5) is 33.1 Å². The third-order valence-electron chi connectivity index (χ3n) is 24.0. The SMILES string of the molecule is CN1C(=O)CC2=C(N=C(c3ccccc3)C2)C1=O.COc1nc(Nc2cc(Cl)ccc2OC)nc(OC)n1.Clc1ccc(C2CC(c3cccs3)n3ncnc3N2)cc1Cl.NNc1nc(-c2ccccc2)cc(-c2ccc(F)cc2)n1.O=C(O)C1CCN(c2nc(-c3ccc(Cl)cc3)cs2)CC1.O=c1c(-c2cccc3ccccc23)[n+]([O-])c2ccccc2n1O.c1csc(-c2nn3c(C4CCCCC4)nnc3s2)c1. The molecule has 2 atom stereocenters. The molecule has 9 aromatic heterocycles. The van der Waals surface area contributed by atoms with Gasteiger partial charge in [-0.2, -0.15) is 34.4 Å². The molecule has 7 N–H and O–H groups in total. The highest BCUT2D eigenvalue weighted by atomic mass is 35.5. The molecular weight excluding hydrogens is 1990 g/mol. The number of benzene rings is 9. The molecule has 32 nitrogen and oxygen atoms in total. The number of nitrogens with zero attached hydrogens (tertiary/aromatic N) is 18. The summed E-state index contributed by atoms with van der Waals surface area (Å²) in [5, 5.41) is 68.4. The zero-order valence-electron chi connectivity index (χ0n) is 77.5. The monoisotopic (exact) mass is 2080 g/mol. The van der Waals surface area contributed by atoms with Crippen molar-refractivity contribution in [1.82, 2.24) is 74.1 Å². The van der Waals surface area contributed by atoms with Crippen molar-refractivity contribution >= 4 is 171 Å². The van der Waals surface area contributed by atoms with E-state index in [4.69, 9.17) is 76.7 Å². The number of carbonyl (C=O) groups excluding carboxylic acids is 2. The normalized spacial score (nSPS) is 14.8. The number of rotatable bonds is 17. The van der Waals surface area contributed by atoms with Crippen LogP contribution in [0, 0.1) is 16.9 Å². The number of likely N-dealkylation sites (N-methyl/N-ethyl adjacent to an activating group) is 1. The Morgan fingerprint density at radius 1 is 0.639 bits per heavy atom. The van der Waals surface area contributed by atoms with Gasteiger partial charge >= 0.3 is 23.5 Å². The van der Waals surface area contributed by atoms with Crippen LogP contribution in [-0.4, -0.2) is 149 Å². The summed E-state index contributed by atoms with van der Waals surface area (Å²) in [4.78, 5) is 87.9. The molecule has 13 heterocycles. The predicted molar refractivity (Wildman–Crippen MR) is 562 cm³/mol. The standard InChI is InChI=1S/C18H12N2O3.C16H13FN4.C15H12Cl2N4S.C15H15ClN2O2S.C14H12N2O2.C13H14N4S2.C12H13ClN4O3/c21-18-17(14-9-5-7-12-6-1-2-8-13(12)14)19(22)15-10-3-4-11-16(15)20(18)23;17-13-8-6-12(7-9-13)15-10-14(19-16(20-15)21-18)11-4-2-1-3-5-11;16-10-4-3-9(6-11(10)17)12-7-13(14-2-1-5-22-14)21-15(20-12)18-8-19-21;16-12-3-1-10(2-4-12)13-9-21-15(17-13)18-7-5-11(6-8-18)14(19)20;1-16-12(17)8-10-7-11(15-13(10)14(16)18)9-5-3-2-4-6-9;1-2-5-9(6-3-1)11-14-15-13-17(11)16-12(19-13)10-7-4-8-18-10;1-18-9-5-4-7(13)6-8(9)14-10-15-11(19-2)17-12(16-10)20-3/h1-11,23H;1-10H,18H2,(H,19,20,21);1-6,8,12-13H,7H2,(H,18,19,20);1-4,9,11H,5-8H2,(H,19,20);2-6H,7-8H2,1H3;4,7-9H,1-3,5-6H2;4-6H,1-3H3,(H,14,15,16,17). The summed E-state index contributed by atoms with van der Waals surface area (Å²) in [5.74, 6) is 7.38. The molecule has 732 valence electrons. The van der Waals surface area contributed by atoms with Crippen LogP contribution in [0.2, 0.25) is 20.1 Å². The van der Waals surface area contributed by atoms with Gasteiger partial charge in [0.1, 0.15) is 23.6 Å². The zero-order chi connectivity index (χ0) is 100. The quantitative estimate of drug-likeness (QED) is 0.0123. The fourth-order valence-corrected chi connectivity index (χ4v) is 20.6. The number of thiazole rings is 1. The van der Waals surface area contributed by atoms with Crippen LogP contribution in [0.5, 0.6) is 17.8 Å². The maximum absolute atomic E-state index is 13.0. The number of ether oxygens (including phenoxy) is 3. The second-order valence-electron chi connectivity index (χ2n) is 33.1. The fraction of sp³-hybridized carbons (Fsp3) is 0.194. The van der Waals surface area contributed by atoms with Gasteiger partial charge < -0.3 is 45.3 Å². The Hall–Kier alpha value is -15.1. The molecule has 41 heteroatoms. The fourth-order valence-electron chi connectivity index (χ4n) is 16.7. The molecule has 5 aliphatic rings. The number of aromatic nitrogens is 15. The van der Waals surface area contributed by atoms with E-state index < -0.39 is 11.5 Å². The van der Waals surface area contributed by atoms with E-state index in [1.54, 1.807) is 119 Å². The maximum atomic E-state index is 13.0. The number of hydrogen-bond acceptors (Lipinski definition) is 30. The number of nitrogens with two attached hydrogens (primary N) is 1. The van der Waals surface area contributed by atoms with Crippen molar-refractivity contribution in [3.05, 3.63) is 340 Å². The molecule has 0 radical (unpaired) electrons. The van der Waals surface area contributed by atoms with E-state index in [1.165, 1.54) is 81.3 Å². The maximum Gasteiger partial charge on any atom is 0.357 e. The van der Waals surface area contributed by atoms with Gasteiger partial charge in [0.15, 0.2) is 21.5 Å². The van der Waals surface area contributed by atoms with E-state index in [1.807, 2.05) is 154 Å². The molecule has 2 fully saturated rings. The predicted octanol–water partition coefficient (Wildman–Crippen LogP) is 22.3. The minimum atomic E-state index is -0.741. The van der Waals surface area contributed by atoms with Crippen LogP contribution in [0.15, 0.2) is 286 Å². The number of hydrazine groups is 1. The van der Waals surface area contributed by atoms with Gasteiger partial charge in [0.05, 0.1) is 94.7 Å². The van der Waals surface area contributed by atoms with Crippen molar-refractivity contribution in [2.45, 2.75) is 82.2 Å². The summed E-state index contributed by atoms with van der Waals surface area (Å²) in [7, 11) is 5.98. The van der Waals surface area contributed by atoms with Crippen molar-refractivity contribution in [2.24, 2.45) is 16.8 Å². The first-order chi connectivity index (χ1) is 70.0. The Balaban J connectivity index is 0.000000115. The lowest BCUT2D eigenvalue weighted by atomic mass is 9.89. The highest BCUT2D eigenvalue weighted by Crippen LogP contribution is 2.43. The highest BCUT2D eigenvalue weighted by molar-refractivity contribution is 7.23. The largest absolute Gasteiger partial charge is 0.618 e. The number of para-hydroxylation sites is 2.